The molecule has 0 aliphatic heterocycles. The van der Waals surface area contributed by atoms with E-state index in [0.29, 0.717) is 24.7 Å². The van der Waals surface area contributed by atoms with Gasteiger partial charge in [-0.25, -0.2) is 4.98 Å². The van der Waals surface area contributed by atoms with Crippen LogP contribution in [0.2, 0.25) is 0 Å². The molecule has 0 radical (unpaired) electrons. The first-order chi connectivity index (χ1) is 9.74. The number of aromatic hydroxyl groups is 1. The van der Waals surface area contributed by atoms with Crippen LogP contribution in [0.25, 0.3) is 0 Å². The third-order valence-corrected chi connectivity index (χ3v) is 3.18. The van der Waals surface area contributed by atoms with E-state index in [4.69, 9.17) is 0 Å². The third-order valence-electron chi connectivity index (χ3n) is 3.18. The summed E-state index contributed by atoms with van der Waals surface area (Å²) in [5, 5.41) is 21.1. The zero-order chi connectivity index (χ0) is 14.4. The molecule has 0 bridgehead atoms. The number of nitrogens with one attached hydrogen (secondary N) is 1. The topological polar surface area (TPSA) is 70.9 Å². The van der Waals surface area contributed by atoms with Crippen molar-refractivity contribution in [1.29, 1.82) is 0 Å². The molecule has 20 heavy (non-hydrogen) atoms. The number of hydrogen-bond acceptors (Lipinski definition) is 5. The predicted octanol–water partition coefficient (Wildman–Crippen LogP) is 2.36. The Hall–Kier alpha value is -2.17. The van der Waals surface area contributed by atoms with Gasteiger partial charge in [0.2, 0.25) is 5.95 Å². The largest absolute Gasteiger partial charge is 0.508 e. The summed E-state index contributed by atoms with van der Waals surface area (Å²) in [4.78, 5) is 4.47. The van der Waals surface area contributed by atoms with Crippen molar-refractivity contribution in [2.75, 3.05) is 11.9 Å². The van der Waals surface area contributed by atoms with Crippen LogP contribution in [0.4, 0.5) is 5.95 Å². The van der Waals surface area contributed by atoms with E-state index in [-0.39, 0.29) is 0 Å². The fourth-order valence-electron chi connectivity index (χ4n) is 2.04. The van der Waals surface area contributed by atoms with E-state index < -0.39 is 0 Å². The molecule has 5 heteroatoms. The third kappa shape index (κ3) is 3.44. The van der Waals surface area contributed by atoms with Crippen molar-refractivity contribution >= 4 is 5.95 Å². The molecule has 1 aromatic heterocycles. The normalized spacial score (nSPS) is 10.5. The van der Waals surface area contributed by atoms with Gasteiger partial charge in [-0.3, -0.25) is 0 Å². The van der Waals surface area contributed by atoms with Crippen LogP contribution in [0.5, 0.6) is 5.75 Å². The molecule has 2 N–H and O–H groups in total. The number of phenols is 1. The zero-order valence-electron chi connectivity index (χ0n) is 11.9. The molecule has 0 unspecified atom stereocenters. The Balaban J connectivity index is 1.96. The van der Waals surface area contributed by atoms with Crippen LogP contribution in [-0.4, -0.2) is 26.8 Å². The van der Waals surface area contributed by atoms with E-state index in [1.165, 1.54) is 0 Å². The Morgan fingerprint density at radius 2 is 1.80 bits per heavy atom. The van der Waals surface area contributed by atoms with Gasteiger partial charge in [0, 0.05) is 6.54 Å². The average molecular weight is 272 g/mol. The van der Waals surface area contributed by atoms with Crippen molar-refractivity contribution in [3.8, 4) is 5.75 Å². The van der Waals surface area contributed by atoms with Gasteiger partial charge >= 0.3 is 0 Å². The minimum absolute atomic E-state index is 0.323. The molecule has 1 aromatic carbocycles. The number of anilines is 1. The second-order valence-corrected chi connectivity index (χ2v) is 4.54. The molecule has 0 fully saturated rings. The van der Waals surface area contributed by atoms with E-state index in [2.05, 4.69) is 34.3 Å². The SMILES string of the molecule is CCc1nnc(NCCc2ccccc2O)nc1CC. The summed E-state index contributed by atoms with van der Waals surface area (Å²) in [6, 6.07) is 7.33. The van der Waals surface area contributed by atoms with Gasteiger partial charge in [0.05, 0.1) is 11.4 Å². The Bertz CT molecular complexity index is 572. The summed E-state index contributed by atoms with van der Waals surface area (Å²) < 4.78 is 0. The van der Waals surface area contributed by atoms with Crippen LogP contribution < -0.4 is 5.32 Å². The second kappa shape index (κ2) is 6.84. The Morgan fingerprint density at radius 3 is 2.50 bits per heavy atom. The molecule has 0 amide bonds. The van der Waals surface area contributed by atoms with Crippen molar-refractivity contribution < 1.29 is 5.11 Å². The molecule has 0 spiro atoms. The average Bonchev–Trinajstić information content (AvgIpc) is 2.49. The van der Waals surface area contributed by atoms with Gasteiger partial charge in [-0.1, -0.05) is 32.0 Å². The molecule has 5 nitrogen and oxygen atoms in total. The zero-order valence-corrected chi connectivity index (χ0v) is 11.9. The lowest BCUT2D eigenvalue weighted by molar-refractivity contribution is 0.468. The van der Waals surface area contributed by atoms with E-state index in [1.54, 1.807) is 6.07 Å². The molecule has 0 saturated heterocycles. The Labute approximate surface area is 119 Å². The minimum Gasteiger partial charge on any atom is -0.508 e. The lowest BCUT2D eigenvalue weighted by Gasteiger charge is -2.08. The van der Waals surface area contributed by atoms with Gasteiger partial charge in [-0.15, -0.1) is 5.10 Å². The number of para-hydroxylation sites is 1. The van der Waals surface area contributed by atoms with E-state index >= 15 is 0 Å². The Morgan fingerprint density at radius 1 is 1.05 bits per heavy atom. The Kier molecular flexibility index (Phi) is 4.87. The van der Waals surface area contributed by atoms with Gasteiger partial charge in [-0.2, -0.15) is 5.10 Å². The van der Waals surface area contributed by atoms with Crippen molar-refractivity contribution in [3.63, 3.8) is 0 Å². The molecule has 0 atom stereocenters. The van der Waals surface area contributed by atoms with Crippen molar-refractivity contribution in [3.05, 3.63) is 41.2 Å². The van der Waals surface area contributed by atoms with Crippen LogP contribution in [0.15, 0.2) is 24.3 Å². The molecule has 2 aromatic rings. The van der Waals surface area contributed by atoms with Gasteiger partial charge in [0.1, 0.15) is 5.75 Å². The fraction of sp³-hybridized carbons (Fsp3) is 0.400. The first kappa shape index (κ1) is 14.2. The molecule has 0 saturated carbocycles. The number of nitrogens with zero attached hydrogens (tertiary/aromatic N) is 3. The van der Waals surface area contributed by atoms with Gasteiger partial charge in [0.25, 0.3) is 0 Å². The molecular weight excluding hydrogens is 252 g/mol. The fourth-order valence-corrected chi connectivity index (χ4v) is 2.04. The van der Waals surface area contributed by atoms with Gasteiger partial charge in [-0.05, 0) is 30.9 Å². The predicted molar refractivity (Wildman–Crippen MR) is 78.9 cm³/mol. The van der Waals surface area contributed by atoms with Crippen LogP contribution in [0.3, 0.4) is 0 Å². The van der Waals surface area contributed by atoms with Crippen molar-refractivity contribution in [2.24, 2.45) is 0 Å². The first-order valence-corrected chi connectivity index (χ1v) is 6.97. The number of rotatable bonds is 6. The lowest BCUT2D eigenvalue weighted by atomic mass is 10.1. The molecule has 2 rings (SSSR count). The molecule has 0 aliphatic carbocycles. The summed E-state index contributed by atoms with van der Waals surface area (Å²) in [7, 11) is 0. The summed E-state index contributed by atoms with van der Waals surface area (Å²) in [6.07, 6.45) is 2.42. The first-order valence-electron chi connectivity index (χ1n) is 6.97. The van der Waals surface area contributed by atoms with Crippen LogP contribution in [0, 0.1) is 0 Å². The van der Waals surface area contributed by atoms with Crippen LogP contribution >= 0.6 is 0 Å². The smallest absolute Gasteiger partial charge is 0.242 e. The van der Waals surface area contributed by atoms with Crippen LogP contribution in [0.1, 0.15) is 30.8 Å². The molecular formula is C15H20N4O. The number of phenolic OH excluding ortho intramolecular Hbond substituents is 1. The minimum atomic E-state index is 0.323. The molecule has 0 aliphatic rings. The number of aryl methyl sites for hydroxylation is 2. The number of aromatic nitrogens is 3. The highest BCUT2D eigenvalue weighted by atomic mass is 16.3. The monoisotopic (exact) mass is 272 g/mol. The summed E-state index contributed by atoms with van der Waals surface area (Å²) >= 11 is 0. The number of hydrogen-bond donors (Lipinski definition) is 2. The second-order valence-electron chi connectivity index (χ2n) is 4.54. The maximum absolute atomic E-state index is 9.69. The lowest BCUT2D eigenvalue weighted by Crippen LogP contribution is -2.12. The van der Waals surface area contributed by atoms with E-state index in [9.17, 15) is 5.11 Å². The summed E-state index contributed by atoms with van der Waals surface area (Å²) in [5.74, 6) is 0.874. The highest BCUT2D eigenvalue weighted by Gasteiger charge is 2.06. The van der Waals surface area contributed by atoms with E-state index in [0.717, 1.165) is 29.8 Å². The van der Waals surface area contributed by atoms with Crippen molar-refractivity contribution in [2.45, 2.75) is 33.1 Å². The maximum atomic E-state index is 9.69. The van der Waals surface area contributed by atoms with Gasteiger partial charge in [0.15, 0.2) is 0 Å². The maximum Gasteiger partial charge on any atom is 0.242 e. The molecule has 106 valence electrons. The van der Waals surface area contributed by atoms with Crippen LogP contribution in [-0.2, 0) is 19.3 Å². The summed E-state index contributed by atoms with van der Waals surface area (Å²) in [5.41, 5.74) is 2.86. The van der Waals surface area contributed by atoms with E-state index in [1.807, 2.05) is 18.2 Å². The quantitative estimate of drug-likeness (QED) is 0.844. The van der Waals surface area contributed by atoms with Gasteiger partial charge < -0.3 is 10.4 Å². The summed E-state index contributed by atoms with van der Waals surface area (Å²) in [6.45, 7) is 4.78. The highest BCUT2D eigenvalue weighted by Crippen LogP contribution is 2.16. The standard InChI is InChI=1S/C15H20N4O/c1-3-12-13(4-2)18-19-15(17-12)16-10-9-11-7-5-6-8-14(11)20/h5-8,20H,3-4,9-10H2,1-2H3,(H,16,17,19). The van der Waals surface area contributed by atoms with Crippen molar-refractivity contribution in [1.82, 2.24) is 15.2 Å². The highest BCUT2D eigenvalue weighted by molar-refractivity contribution is 5.33. The number of benzene rings is 1. The molecule has 1 heterocycles.